The van der Waals surface area contributed by atoms with E-state index in [4.69, 9.17) is 0 Å². The maximum atomic E-state index is 13.3. The number of hydrogen-bond donors (Lipinski definition) is 3. The van der Waals surface area contributed by atoms with Gasteiger partial charge in [-0.15, -0.1) is 0 Å². The first-order valence-electron chi connectivity index (χ1n) is 10.8. The number of nitrogens with zero attached hydrogens (tertiary/aromatic N) is 2. The molecular weight excluding hydrogens is 411 g/mol. The number of aromatic nitrogens is 1. The van der Waals surface area contributed by atoms with Crippen molar-refractivity contribution in [3.8, 4) is 0 Å². The van der Waals surface area contributed by atoms with Crippen LogP contribution in [-0.2, 0) is 11.2 Å². The molecule has 0 aliphatic carbocycles. The summed E-state index contributed by atoms with van der Waals surface area (Å²) in [5.41, 5.74) is 3.73. The van der Waals surface area contributed by atoms with E-state index in [0.29, 0.717) is 18.7 Å². The van der Waals surface area contributed by atoms with E-state index in [1.807, 2.05) is 23.1 Å². The van der Waals surface area contributed by atoms with Crippen molar-refractivity contribution in [2.75, 3.05) is 25.5 Å². The topological polar surface area (TPSA) is 88.7 Å². The van der Waals surface area contributed by atoms with Crippen LogP contribution in [0.5, 0.6) is 0 Å². The van der Waals surface area contributed by atoms with Crippen LogP contribution in [0, 0.1) is 11.7 Å². The van der Waals surface area contributed by atoms with Crippen LogP contribution in [0.15, 0.2) is 48.5 Å². The van der Waals surface area contributed by atoms with Gasteiger partial charge in [0, 0.05) is 41.9 Å². The van der Waals surface area contributed by atoms with Crippen LogP contribution >= 0.6 is 0 Å². The predicted octanol–water partition coefficient (Wildman–Crippen LogP) is 3.28. The third kappa shape index (κ3) is 3.31. The highest BCUT2D eigenvalue weighted by Gasteiger charge is 2.47. The normalized spacial score (nSPS) is 22.4. The van der Waals surface area contributed by atoms with Gasteiger partial charge in [-0.3, -0.25) is 4.79 Å². The lowest BCUT2D eigenvalue weighted by atomic mass is 9.82. The van der Waals surface area contributed by atoms with Gasteiger partial charge in [0.1, 0.15) is 5.82 Å². The molecule has 3 amide bonds. The Morgan fingerprint density at radius 3 is 2.75 bits per heavy atom. The molecule has 0 spiro atoms. The maximum Gasteiger partial charge on any atom is 0.321 e. The molecule has 32 heavy (non-hydrogen) atoms. The van der Waals surface area contributed by atoms with Crippen LogP contribution < -0.4 is 5.32 Å². The first-order chi connectivity index (χ1) is 15.5. The van der Waals surface area contributed by atoms with Gasteiger partial charge in [0.05, 0.1) is 18.6 Å². The monoisotopic (exact) mass is 436 g/mol. The number of urea groups is 1. The van der Waals surface area contributed by atoms with Gasteiger partial charge in [0.15, 0.2) is 0 Å². The molecule has 0 unspecified atom stereocenters. The van der Waals surface area contributed by atoms with E-state index in [0.717, 1.165) is 23.0 Å². The fraction of sp³-hybridized carbons (Fsp3) is 0.333. The number of carbonyl (C=O) groups excluding carboxylic acids is 2. The lowest BCUT2D eigenvalue weighted by molar-refractivity contribution is -0.148. The van der Waals surface area contributed by atoms with Crippen LogP contribution in [0.3, 0.4) is 0 Å². The molecule has 1 saturated heterocycles. The lowest BCUT2D eigenvalue weighted by Crippen LogP contribution is -2.58. The largest absolute Gasteiger partial charge is 0.395 e. The van der Waals surface area contributed by atoms with Crippen molar-refractivity contribution in [1.82, 2.24) is 14.8 Å². The van der Waals surface area contributed by atoms with Gasteiger partial charge >= 0.3 is 6.03 Å². The minimum atomic E-state index is -0.693. The minimum Gasteiger partial charge on any atom is -0.395 e. The number of halogens is 1. The van der Waals surface area contributed by atoms with Crippen LogP contribution in [0.1, 0.15) is 23.7 Å². The second-order valence-electron chi connectivity index (χ2n) is 8.50. The van der Waals surface area contributed by atoms with Crippen LogP contribution in [0.25, 0.3) is 10.9 Å². The zero-order valence-electron chi connectivity index (χ0n) is 17.7. The molecule has 7 nitrogen and oxygen atoms in total. The Kier molecular flexibility index (Phi) is 5.09. The summed E-state index contributed by atoms with van der Waals surface area (Å²) in [6, 6.07) is 12.5. The summed E-state index contributed by atoms with van der Waals surface area (Å²) in [7, 11) is 1.63. The van der Waals surface area contributed by atoms with Gasteiger partial charge in [-0.05, 0) is 48.7 Å². The number of carbonyl (C=O) groups is 2. The van der Waals surface area contributed by atoms with Crippen LogP contribution in [-0.4, -0.2) is 58.1 Å². The summed E-state index contributed by atoms with van der Waals surface area (Å²) in [4.78, 5) is 33.0. The molecule has 1 fully saturated rings. The van der Waals surface area contributed by atoms with E-state index in [9.17, 15) is 19.1 Å². The Morgan fingerprint density at radius 2 is 2.00 bits per heavy atom. The van der Waals surface area contributed by atoms with Crippen molar-refractivity contribution in [2.45, 2.75) is 24.9 Å². The van der Waals surface area contributed by atoms with Gasteiger partial charge in [-0.2, -0.15) is 0 Å². The highest BCUT2D eigenvalue weighted by Crippen LogP contribution is 2.42. The minimum absolute atomic E-state index is 0.139. The Morgan fingerprint density at radius 1 is 1.25 bits per heavy atom. The number of hydrogen-bond acceptors (Lipinski definition) is 3. The molecule has 0 bridgehead atoms. The summed E-state index contributed by atoms with van der Waals surface area (Å²) in [6.07, 6.45) is 1.27. The fourth-order valence-corrected chi connectivity index (χ4v) is 5.12. The molecule has 1 aromatic heterocycles. The summed E-state index contributed by atoms with van der Waals surface area (Å²) in [5, 5.41) is 13.9. The second kappa shape index (κ2) is 7.94. The Hall–Kier alpha value is -3.39. The number of anilines is 1. The number of rotatable bonds is 3. The quantitative estimate of drug-likeness (QED) is 0.589. The molecule has 8 heteroatoms. The molecule has 5 rings (SSSR count). The second-order valence-corrected chi connectivity index (χ2v) is 8.50. The van der Waals surface area contributed by atoms with Crippen LogP contribution in [0.2, 0.25) is 0 Å². The Bertz CT molecular complexity index is 1180. The number of fused-ring (bicyclic) bond motifs is 5. The van der Waals surface area contributed by atoms with E-state index < -0.39 is 18.0 Å². The smallest absolute Gasteiger partial charge is 0.321 e. The maximum absolute atomic E-state index is 13.3. The number of aliphatic hydroxyl groups excluding tert-OH is 1. The lowest BCUT2D eigenvalue weighted by Gasteiger charge is -2.47. The van der Waals surface area contributed by atoms with Crippen molar-refractivity contribution >= 4 is 28.5 Å². The average Bonchev–Trinajstić information content (AvgIpc) is 3.19. The summed E-state index contributed by atoms with van der Waals surface area (Å²) < 4.78 is 13.2. The Labute approximate surface area is 184 Å². The number of aromatic amines is 1. The van der Waals surface area contributed by atoms with E-state index in [-0.39, 0.29) is 24.4 Å². The van der Waals surface area contributed by atoms with Crippen molar-refractivity contribution in [3.05, 3.63) is 65.6 Å². The van der Waals surface area contributed by atoms with Gasteiger partial charge in [0.25, 0.3) is 0 Å². The number of amides is 3. The molecule has 2 aromatic carbocycles. The molecule has 3 atom stereocenters. The first-order valence-corrected chi connectivity index (χ1v) is 10.8. The zero-order chi connectivity index (χ0) is 22.4. The molecule has 3 N–H and O–H groups in total. The number of aliphatic hydroxyl groups is 1. The van der Waals surface area contributed by atoms with E-state index in [1.165, 1.54) is 34.7 Å². The third-order valence-corrected chi connectivity index (χ3v) is 6.80. The highest BCUT2D eigenvalue weighted by atomic mass is 19.1. The van der Waals surface area contributed by atoms with Gasteiger partial charge < -0.3 is 25.2 Å². The van der Waals surface area contributed by atoms with Crippen molar-refractivity contribution < 1.29 is 19.1 Å². The molecule has 2 aliphatic heterocycles. The van der Waals surface area contributed by atoms with Gasteiger partial charge in [-0.1, -0.05) is 18.2 Å². The molecule has 0 radical (unpaired) electrons. The van der Waals surface area contributed by atoms with Crippen molar-refractivity contribution in [3.63, 3.8) is 0 Å². The highest BCUT2D eigenvalue weighted by molar-refractivity contribution is 5.91. The average molecular weight is 436 g/mol. The molecule has 2 aliphatic rings. The van der Waals surface area contributed by atoms with Crippen LogP contribution in [0.4, 0.5) is 14.9 Å². The van der Waals surface area contributed by atoms with E-state index >= 15 is 0 Å². The van der Waals surface area contributed by atoms with E-state index in [1.54, 1.807) is 7.05 Å². The van der Waals surface area contributed by atoms with E-state index in [2.05, 4.69) is 16.4 Å². The summed E-state index contributed by atoms with van der Waals surface area (Å²) in [5.74, 6) is -1.22. The number of nitrogens with one attached hydrogen (secondary N) is 2. The summed E-state index contributed by atoms with van der Waals surface area (Å²) in [6.45, 7) is 0.257. The summed E-state index contributed by atoms with van der Waals surface area (Å²) >= 11 is 0. The molecule has 0 saturated carbocycles. The van der Waals surface area contributed by atoms with Crippen molar-refractivity contribution in [2.24, 2.45) is 5.92 Å². The number of H-pyrrole nitrogens is 1. The predicted molar refractivity (Wildman–Crippen MR) is 119 cm³/mol. The van der Waals surface area contributed by atoms with Crippen molar-refractivity contribution in [1.29, 1.82) is 0 Å². The number of piperidine rings is 1. The fourth-order valence-electron chi connectivity index (χ4n) is 5.12. The number of para-hydroxylation sites is 1. The molecular formula is C24H25FN4O3. The molecule has 166 valence electrons. The molecule has 3 aromatic rings. The number of benzene rings is 2. The van der Waals surface area contributed by atoms with Gasteiger partial charge in [0.2, 0.25) is 5.91 Å². The first kappa shape index (κ1) is 20.5. The third-order valence-electron chi connectivity index (χ3n) is 6.80. The zero-order valence-corrected chi connectivity index (χ0v) is 17.7. The SMILES string of the molecule is CN(C(=O)Nc1ccc(F)cc1)[C@H]1C[C@H]2c3[nH]c4ccccc4c3CCN2C(=O)[C@H]1CO. The Balaban J connectivity index is 1.44. The standard InChI is InChI=1S/C24H25FN4O3/c1-28(24(32)26-15-8-6-14(25)7-9-15)20-12-21-22-17(16-4-2-3-5-19(16)27-22)10-11-29(21)23(31)18(20)13-30/h2-9,18,20-21,27,30H,10-13H2,1H3,(H,26,32)/t18-,20-,21-/m0/s1. The molecule has 3 heterocycles. The van der Waals surface area contributed by atoms with Gasteiger partial charge in [-0.25, -0.2) is 9.18 Å².